The summed E-state index contributed by atoms with van der Waals surface area (Å²) in [5.41, 5.74) is 1.94. The van der Waals surface area contributed by atoms with Crippen LogP contribution in [0.3, 0.4) is 0 Å². The van der Waals surface area contributed by atoms with Crippen LogP contribution in [0.4, 0.5) is 0 Å². The molecular weight excluding hydrogens is 258 g/mol. The normalized spacial score (nSPS) is 17.3. The third-order valence-electron chi connectivity index (χ3n) is 3.75. The number of aromatic amines is 2. The molecule has 2 aromatic rings. The summed E-state index contributed by atoms with van der Waals surface area (Å²) in [7, 11) is 0. The maximum absolute atomic E-state index is 12.4. The number of carbonyl (C=O) groups is 1. The summed E-state index contributed by atoms with van der Waals surface area (Å²) in [6.07, 6.45) is 3.78. The second-order valence-corrected chi connectivity index (χ2v) is 5.33. The highest BCUT2D eigenvalue weighted by Gasteiger charge is 2.30. The third-order valence-corrected chi connectivity index (χ3v) is 3.75. The van der Waals surface area contributed by atoms with Gasteiger partial charge in [-0.1, -0.05) is 0 Å². The molecule has 7 nitrogen and oxygen atoms in total. The van der Waals surface area contributed by atoms with E-state index in [1.165, 1.54) is 6.07 Å². The van der Waals surface area contributed by atoms with Gasteiger partial charge in [-0.2, -0.15) is 5.10 Å². The molecule has 1 aliphatic heterocycles. The molecule has 7 heteroatoms. The van der Waals surface area contributed by atoms with Gasteiger partial charge >= 0.3 is 0 Å². The van der Waals surface area contributed by atoms with Crippen molar-refractivity contribution in [3.8, 4) is 0 Å². The van der Waals surface area contributed by atoms with Gasteiger partial charge in [0.1, 0.15) is 11.5 Å². The second kappa shape index (κ2) is 4.03. The molecular formula is C13H13N5O2. The molecule has 2 N–H and O–H groups in total. The number of hydrogen-bond donors (Lipinski definition) is 2. The Balaban J connectivity index is 1.63. The Morgan fingerprint density at radius 1 is 1.35 bits per heavy atom. The van der Waals surface area contributed by atoms with E-state index in [1.54, 1.807) is 11.1 Å². The Kier molecular flexibility index (Phi) is 2.29. The van der Waals surface area contributed by atoms with Crippen LogP contribution in [-0.4, -0.2) is 31.0 Å². The van der Waals surface area contributed by atoms with Gasteiger partial charge in [-0.3, -0.25) is 14.7 Å². The van der Waals surface area contributed by atoms with Crippen molar-refractivity contribution >= 4 is 5.91 Å². The minimum Gasteiger partial charge on any atom is -0.327 e. The second-order valence-electron chi connectivity index (χ2n) is 5.33. The highest BCUT2D eigenvalue weighted by molar-refractivity contribution is 5.92. The van der Waals surface area contributed by atoms with E-state index in [1.807, 2.05) is 0 Å². The van der Waals surface area contributed by atoms with E-state index in [0.29, 0.717) is 24.8 Å². The zero-order valence-electron chi connectivity index (χ0n) is 10.7. The molecule has 2 aliphatic rings. The number of amides is 1. The predicted molar refractivity (Wildman–Crippen MR) is 69.0 cm³/mol. The molecule has 102 valence electrons. The van der Waals surface area contributed by atoms with E-state index < -0.39 is 0 Å². The molecule has 0 radical (unpaired) electrons. The van der Waals surface area contributed by atoms with E-state index in [0.717, 1.165) is 24.1 Å². The van der Waals surface area contributed by atoms with Gasteiger partial charge < -0.3 is 9.88 Å². The number of H-pyrrole nitrogens is 2. The standard InChI is InChI=1S/C13H13N5O2/c19-11-3-9(15-12(16-11)7-1-2-7)13(20)18-5-8-4-14-17-10(8)6-18/h3-4,7H,1-2,5-6H2,(H,14,17)(H,15,16,19). The van der Waals surface area contributed by atoms with Crippen LogP contribution >= 0.6 is 0 Å². The van der Waals surface area contributed by atoms with E-state index in [9.17, 15) is 9.59 Å². The molecule has 0 unspecified atom stereocenters. The lowest BCUT2D eigenvalue weighted by Crippen LogP contribution is -2.28. The quantitative estimate of drug-likeness (QED) is 0.832. The molecule has 0 spiro atoms. The fourth-order valence-electron chi connectivity index (χ4n) is 2.51. The van der Waals surface area contributed by atoms with Gasteiger partial charge in [0.25, 0.3) is 11.5 Å². The van der Waals surface area contributed by atoms with Gasteiger partial charge in [0.15, 0.2) is 0 Å². The fraction of sp³-hybridized carbons (Fsp3) is 0.385. The first kappa shape index (κ1) is 11.4. The molecule has 1 saturated carbocycles. The first-order valence-corrected chi connectivity index (χ1v) is 6.62. The summed E-state index contributed by atoms with van der Waals surface area (Å²) in [6.45, 7) is 0.999. The average Bonchev–Trinajstić information content (AvgIpc) is 3.06. The lowest BCUT2D eigenvalue weighted by molar-refractivity contribution is 0.0743. The molecule has 0 bridgehead atoms. The van der Waals surface area contributed by atoms with Crippen molar-refractivity contribution in [2.24, 2.45) is 0 Å². The molecule has 20 heavy (non-hydrogen) atoms. The van der Waals surface area contributed by atoms with Crippen LogP contribution in [0.1, 0.15) is 46.3 Å². The topological polar surface area (TPSA) is 94.7 Å². The first-order chi connectivity index (χ1) is 9.70. The number of fused-ring (bicyclic) bond motifs is 1. The van der Waals surface area contributed by atoms with Crippen LogP contribution in [0.5, 0.6) is 0 Å². The van der Waals surface area contributed by atoms with E-state index in [-0.39, 0.29) is 17.2 Å². The Bertz CT molecular complexity index is 723. The monoisotopic (exact) mass is 271 g/mol. The van der Waals surface area contributed by atoms with Crippen LogP contribution in [0, 0.1) is 0 Å². The fourth-order valence-corrected chi connectivity index (χ4v) is 2.51. The Hall–Kier alpha value is -2.44. The lowest BCUT2D eigenvalue weighted by Gasteiger charge is -2.15. The van der Waals surface area contributed by atoms with Crippen molar-refractivity contribution in [1.29, 1.82) is 0 Å². The largest absolute Gasteiger partial charge is 0.327 e. The van der Waals surface area contributed by atoms with Crippen LogP contribution in [0.25, 0.3) is 0 Å². The molecule has 2 aromatic heterocycles. The minimum absolute atomic E-state index is 0.206. The SMILES string of the molecule is O=C(c1cc(=O)[nH]c(C2CC2)n1)N1Cc2cn[nH]c2C1. The minimum atomic E-state index is -0.260. The zero-order chi connectivity index (χ0) is 13.7. The van der Waals surface area contributed by atoms with Crippen LogP contribution in [0.15, 0.2) is 17.1 Å². The van der Waals surface area contributed by atoms with E-state index >= 15 is 0 Å². The Morgan fingerprint density at radius 2 is 2.20 bits per heavy atom. The molecule has 1 aliphatic carbocycles. The highest BCUT2D eigenvalue weighted by Crippen LogP contribution is 2.37. The Labute approximate surface area is 114 Å². The molecule has 1 amide bonds. The molecule has 0 aromatic carbocycles. The maximum Gasteiger partial charge on any atom is 0.273 e. The van der Waals surface area contributed by atoms with E-state index in [2.05, 4.69) is 20.2 Å². The smallest absolute Gasteiger partial charge is 0.273 e. The summed E-state index contributed by atoms with van der Waals surface area (Å²) in [5.74, 6) is 0.744. The third kappa shape index (κ3) is 1.82. The van der Waals surface area contributed by atoms with Crippen molar-refractivity contribution in [2.45, 2.75) is 31.8 Å². The zero-order valence-corrected chi connectivity index (χ0v) is 10.7. The number of rotatable bonds is 2. The number of carbonyl (C=O) groups excluding carboxylic acids is 1. The van der Waals surface area contributed by atoms with Crippen molar-refractivity contribution in [2.75, 3.05) is 0 Å². The number of aromatic nitrogens is 4. The summed E-state index contributed by atoms with van der Waals surface area (Å²) in [6, 6.07) is 1.28. The van der Waals surface area contributed by atoms with Crippen LogP contribution in [0.2, 0.25) is 0 Å². The van der Waals surface area contributed by atoms with Gasteiger partial charge in [-0.25, -0.2) is 4.98 Å². The summed E-state index contributed by atoms with van der Waals surface area (Å²) in [4.78, 5) is 32.8. The predicted octanol–water partition coefficient (Wildman–Crippen LogP) is 0.526. The molecule has 3 heterocycles. The van der Waals surface area contributed by atoms with Crippen LogP contribution in [-0.2, 0) is 13.1 Å². The lowest BCUT2D eigenvalue weighted by atomic mass is 10.3. The van der Waals surface area contributed by atoms with Gasteiger partial charge in [-0.05, 0) is 12.8 Å². The van der Waals surface area contributed by atoms with Crippen molar-refractivity contribution in [3.63, 3.8) is 0 Å². The number of nitrogens with one attached hydrogen (secondary N) is 2. The van der Waals surface area contributed by atoms with Crippen LogP contribution < -0.4 is 5.56 Å². The van der Waals surface area contributed by atoms with Crippen molar-refractivity contribution < 1.29 is 4.79 Å². The summed E-state index contributed by atoms with van der Waals surface area (Å²) < 4.78 is 0. The van der Waals surface area contributed by atoms with Gasteiger partial charge in [0, 0.05) is 24.1 Å². The average molecular weight is 271 g/mol. The van der Waals surface area contributed by atoms with Crippen molar-refractivity contribution in [1.82, 2.24) is 25.1 Å². The molecule has 1 fully saturated rings. The number of nitrogens with zero attached hydrogens (tertiary/aromatic N) is 3. The first-order valence-electron chi connectivity index (χ1n) is 6.62. The maximum atomic E-state index is 12.4. The summed E-state index contributed by atoms with van der Waals surface area (Å²) >= 11 is 0. The van der Waals surface area contributed by atoms with E-state index in [4.69, 9.17) is 0 Å². The number of hydrogen-bond acceptors (Lipinski definition) is 4. The summed E-state index contributed by atoms with van der Waals surface area (Å²) in [5, 5.41) is 6.81. The Morgan fingerprint density at radius 3 is 2.95 bits per heavy atom. The molecule has 0 atom stereocenters. The molecule has 4 rings (SSSR count). The van der Waals surface area contributed by atoms with Gasteiger partial charge in [0.2, 0.25) is 0 Å². The van der Waals surface area contributed by atoms with Crippen molar-refractivity contribution in [3.05, 3.63) is 45.4 Å². The van der Waals surface area contributed by atoms with Gasteiger partial charge in [0.05, 0.1) is 18.4 Å². The molecule has 0 saturated heterocycles. The highest BCUT2D eigenvalue weighted by atomic mass is 16.2. The van der Waals surface area contributed by atoms with Gasteiger partial charge in [-0.15, -0.1) is 0 Å².